The molecule has 3 N–H and O–H groups in total. The van der Waals surface area contributed by atoms with Crippen molar-refractivity contribution in [2.24, 2.45) is 5.73 Å². The van der Waals surface area contributed by atoms with Crippen LogP contribution in [0.3, 0.4) is 0 Å². The van der Waals surface area contributed by atoms with Gasteiger partial charge >= 0.3 is 0 Å². The quantitative estimate of drug-likeness (QED) is 0.861. The highest BCUT2D eigenvalue weighted by Crippen LogP contribution is 2.24. The predicted molar refractivity (Wildman–Crippen MR) is 72.6 cm³/mol. The van der Waals surface area contributed by atoms with Crippen LogP contribution in [0.2, 0.25) is 5.02 Å². The molecule has 0 aromatic heterocycles. The van der Waals surface area contributed by atoms with Crippen molar-refractivity contribution in [3.05, 3.63) is 27.7 Å². The molecule has 0 saturated carbocycles. The standard InChI is InChI=1S/C10H14BrClN2O2S/c1-7(13)4-5-14-17(15,16)10-6-8(11)2-3-9(10)12/h2-3,6-7,14H,4-5,13H2,1H3/t7-/m0/s1. The van der Waals surface area contributed by atoms with Crippen LogP contribution >= 0.6 is 27.5 Å². The van der Waals surface area contributed by atoms with Gasteiger partial charge in [-0.05, 0) is 31.5 Å². The van der Waals surface area contributed by atoms with Crippen LogP contribution < -0.4 is 10.5 Å². The Balaban J connectivity index is 2.86. The zero-order valence-corrected chi connectivity index (χ0v) is 12.4. The maximum Gasteiger partial charge on any atom is 0.242 e. The van der Waals surface area contributed by atoms with E-state index in [1.165, 1.54) is 12.1 Å². The van der Waals surface area contributed by atoms with Crippen LogP contribution in [0.5, 0.6) is 0 Å². The van der Waals surface area contributed by atoms with E-state index >= 15 is 0 Å². The van der Waals surface area contributed by atoms with Crippen molar-refractivity contribution in [3.8, 4) is 0 Å². The summed E-state index contributed by atoms with van der Waals surface area (Å²) in [5.41, 5.74) is 5.55. The van der Waals surface area contributed by atoms with Crippen molar-refractivity contribution in [3.63, 3.8) is 0 Å². The molecule has 0 saturated heterocycles. The average molecular weight is 342 g/mol. The molecule has 7 heteroatoms. The molecular weight excluding hydrogens is 328 g/mol. The molecule has 0 amide bonds. The van der Waals surface area contributed by atoms with Crippen LogP contribution in [0.1, 0.15) is 13.3 Å². The first-order valence-electron chi connectivity index (χ1n) is 5.03. The van der Waals surface area contributed by atoms with Gasteiger partial charge in [-0.3, -0.25) is 0 Å². The van der Waals surface area contributed by atoms with Gasteiger partial charge in [0.1, 0.15) is 4.90 Å². The van der Waals surface area contributed by atoms with E-state index in [1.807, 2.05) is 6.92 Å². The van der Waals surface area contributed by atoms with Crippen molar-refractivity contribution in [2.45, 2.75) is 24.3 Å². The van der Waals surface area contributed by atoms with Gasteiger partial charge in [-0.2, -0.15) is 0 Å². The maximum absolute atomic E-state index is 11.9. The highest BCUT2D eigenvalue weighted by Gasteiger charge is 2.17. The summed E-state index contributed by atoms with van der Waals surface area (Å²) in [7, 11) is -3.58. The molecule has 1 aromatic rings. The molecule has 0 aliphatic heterocycles. The number of hydrogen-bond acceptors (Lipinski definition) is 3. The molecule has 0 bridgehead atoms. The van der Waals surface area contributed by atoms with Crippen LogP contribution in [0, 0.1) is 0 Å². The van der Waals surface area contributed by atoms with Gasteiger partial charge in [0.05, 0.1) is 5.02 Å². The van der Waals surface area contributed by atoms with Crippen molar-refractivity contribution >= 4 is 37.6 Å². The van der Waals surface area contributed by atoms with Gasteiger partial charge in [0.25, 0.3) is 0 Å². The van der Waals surface area contributed by atoms with E-state index in [0.29, 0.717) is 17.4 Å². The number of nitrogens with two attached hydrogens (primary N) is 1. The normalized spacial score (nSPS) is 13.6. The monoisotopic (exact) mass is 340 g/mol. The summed E-state index contributed by atoms with van der Waals surface area (Å²) in [6, 6.07) is 4.64. The lowest BCUT2D eigenvalue weighted by molar-refractivity contribution is 0.572. The lowest BCUT2D eigenvalue weighted by atomic mass is 10.3. The zero-order valence-electron chi connectivity index (χ0n) is 9.28. The molecule has 1 atom stereocenters. The van der Waals surface area contributed by atoms with Crippen LogP contribution in [-0.4, -0.2) is 21.0 Å². The SMILES string of the molecule is C[C@H](N)CCNS(=O)(=O)c1cc(Br)ccc1Cl. The molecule has 17 heavy (non-hydrogen) atoms. The van der Waals surface area contributed by atoms with Gasteiger partial charge in [-0.1, -0.05) is 27.5 Å². The molecular formula is C10H14BrClN2O2S. The van der Waals surface area contributed by atoms with Crippen LogP contribution in [0.25, 0.3) is 0 Å². The van der Waals surface area contributed by atoms with E-state index in [9.17, 15) is 8.42 Å². The average Bonchev–Trinajstić information content (AvgIpc) is 2.20. The summed E-state index contributed by atoms with van der Waals surface area (Å²) >= 11 is 9.07. The molecule has 0 unspecified atom stereocenters. The van der Waals surface area contributed by atoms with E-state index < -0.39 is 10.0 Å². The van der Waals surface area contributed by atoms with E-state index in [4.69, 9.17) is 17.3 Å². The van der Waals surface area contributed by atoms with E-state index in [0.717, 1.165) is 0 Å². The van der Waals surface area contributed by atoms with Gasteiger partial charge in [0, 0.05) is 17.1 Å². The minimum atomic E-state index is -3.58. The predicted octanol–water partition coefficient (Wildman–Crippen LogP) is 2.12. The zero-order chi connectivity index (χ0) is 13.1. The molecule has 1 aromatic carbocycles. The van der Waals surface area contributed by atoms with Gasteiger partial charge in [0.15, 0.2) is 0 Å². The Morgan fingerprint density at radius 2 is 2.18 bits per heavy atom. The molecule has 0 spiro atoms. The number of benzene rings is 1. The summed E-state index contributed by atoms with van der Waals surface area (Å²) < 4.78 is 27.0. The third-order valence-corrected chi connectivity index (χ3v) is 4.51. The summed E-state index contributed by atoms with van der Waals surface area (Å²) in [5, 5.41) is 0.196. The number of halogens is 2. The van der Waals surface area contributed by atoms with Gasteiger partial charge in [-0.25, -0.2) is 13.1 Å². The van der Waals surface area contributed by atoms with E-state index in [2.05, 4.69) is 20.7 Å². The Hall–Kier alpha value is -0.140. The van der Waals surface area contributed by atoms with Gasteiger partial charge < -0.3 is 5.73 Å². The van der Waals surface area contributed by atoms with Crippen LogP contribution in [-0.2, 0) is 10.0 Å². The summed E-state index contributed by atoms with van der Waals surface area (Å²) in [6.07, 6.45) is 0.574. The molecule has 1 rings (SSSR count). The summed E-state index contributed by atoms with van der Waals surface area (Å²) in [6.45, 7) is 2.11. The van der Waals surface area contributed by atoms with E-state index in [1.54, 1.807) is 6.07 Å². The molecule has 0 heterocycles. The first-order valence-corrected chi connectivity index (χ1v) is 7.68. The minimum absolute atomic E-state index is 0.0457. The van der Waals surface area contributed by atoms with E-state index in [-0.39, 0.29) is 16.0 Å². The second kappa shape index (κ2) is 6.15. The Morgan fingerprint density at radius 3 is 2.76 bits per heavy atom. The topological polar surface area (TPSA) is 72.2 Å². The second-order valence-corrected chi connectivity index (χ2v) is 6.80. The van der Waals surface area contributed by atoms with Crippen molar-refractivity contribution in [1.29, 1.82) is 0 Å². The summed E-state index contributed by atoms with van der Waals surface area (Å²) in [4.78, 5) is 0.0678. The third kappa shape index (κ3) is 4.56. The van der Waals surface area contributed by atoms with Crippen molar-refractivity contribution < 1.29 is 8.42 Å². The molecule has 0 aliphatic carbocycles. The smallest absolute Gasteiger partial charge is 0.242 e. The highest BCUT2D eigenvalue weighted by atomic mass is 79.9. The molecule has 0 aliphatic rings. The highest BCUT2D eigenvalue weighted by molar-refractivity contribution is 9.10. The molecule has 0 radical (unpaired) electrons. The van der Waals surface area contributed by atoms with Crippen LogP contribution in [0.15, 0.2) is 27.6 Å². The van der Waals surface area contributed by atoms with Gasteiger partial charge in [0.2, 0.25) is 10.0 Å². The lowest BCUT2D eigenvalue weighted by Crippen LogP contribution is -2.29. The maximum atomic E-state index is 11.9. The number of hydrogen-bond donors (Lipinski definition) is 2. The molecule has 0 fully saturated rings. The molecule has 4 nitrogen and oxygen atoms in total. The fourth-order valence-corrected chi connectivity index (χ4v) is 3.27. The number of sulfonamides is 1. The second-order valence-electron chi connectivity index (χ2n) is 3.74. The minimum Gasteiger partial charge on any atom is -0.328 e. The third-order valence-electron chi connectivity index (χ3n) is 2.07. The lowest BCUT2D eigenvalue weighted by Gasteiger charge is -2.09. The number of nitrogens with one attached hydrogen (secondary N) is 1. The Kier molecular flexibility index (Phi) is 5.40. The first kappa shape index (κ1) is 14.9. The van der Waals surface area contributed by atoms with Crippen molar-refractivity contribution in [2.75, 3.05) is 6.54 Å². The van der Waals surface area contributed by atoms with Crippen molar-refractivity contribution in [1.82, 2.24) is 4.72 Å². The number of rotatable bonds is 5. The largest absolute Gasteiger partial charge is 0.328 e. The Labute approximate surface area is 115 Å². The van der Waals surface area contributed by atoms with Crippen LogP contribution in [0.4, 0.5) is 0 Å². The summed E-state index contributed by atoms with van der Waals surface area (Å²) in [5.74, 6) is 0. The fourth-order valence-electron chi connectivity index (χ4n) is 1.18. The van der Waals surface area contributed by atoms with Gasteiger partial charge in [-0.15, -0.1) is 0 Å². The Morgan fingerprint density at radius 1 is 1.53 bits per heavy atom. The first-order chi connectivity index (χ1) is 7.83. The molecule has 96 valence electrons. The Bertz CT molecular complexity index is 491. The fraction of sp³-hybridized carbons (Fsp3) is 0.400.